The second kappa shape index (κ2) is 10.7. The Bertz CT molecular complexity index is 949. The van der Waals surface area contributed by atoms with Gasteiger partial charge in [0.15, 0.2) is 17.3 Å². The highest BCUT2D eigenvalue weighted by molar-refractivity contribution is 7.99. The quantitative estimate of drug-likeness (QED) is 0.298. The van der Waals surface area contributed by atoms with Crippen LogP contribution in [0.4, 0.5) is 0 Å². The van der Waals surface area contributed by atoms with Gasteiger partial charge in [0.05, 0.1) is 17.5 Å². The Morgan fingerprint density at radius 1 is 1.28 bits per heavy atom. The number of rotatable bonds is 11. The number of hydrogen-bond donors (Lipinski definition) is 0. The normalized spacial score (nSPS) is 11.9. The van der Waals surface area contributed by atoms with E-state index in [2.05, 4.69) is 16.3 Å². The maximum absolute atomic E-state index is 12.5. The first kappa shape index (κ1) is 23.3. The van der Waals surface area contributed by atoms with Gasteiger partial charge in [0, 0.05) is 46.1 Å². The fourth-order valence-corrected chi connectivity index (χ4v) is 4.32. The van der Waals surface area contributed by atoms with Gasteiger partial charge in [-0.1, -0.05) is 23.9 Å². The van der Waals surface area contributed by atoms with Gasteiger partial charge in [-0.15, -0.1) is 10.2 Å². The smallest absolute Gasteiger partial charge is 0.242 e. The Labute approximate surface area is 175 Å². The molecular weight excluding hydrogens is 414 g/mol. The Balaban J connectivity index is 2.44. The SMILES string of the molecule is COC(Cn1c(SCCCC#N)nnc1-c1cccc(S(=O)(=O)N(C)C)c1)OC. The molecule has 0 radical (unpaired) electrons. The number of nitrogens with zero attached hydrogens (tertiary/aromatic N) is 5. The fourth-order valence-electron chi connectivity index (χ4n) is 2.49. The van der Waals surface area contributed by atoms with E-state index in [0.29, 0.717) is 35.3 Å². The third kappa shape index (κ3) is 5.77. The highest BCUT2D eigenvalue weighted by Crippen LogP contribution is 2.27. The first-order valence-electron chi connectivity index (χ1n) is 8.86. The zero-order chi connectivity index (χ0) is 21.4. The van der Waals surface area contributed by atoms with E-state index in [9.17, 15) is 8.42 Å². The number of methoxy groups -OCH3 is 2. The largest absolute Gasteiger partial charge is 0.354 e. The van der Waals surface area contributed by atoms with Gasteiger partial charge in [-0.3, -0.25) is 4.57 Å². The summed E-state index contributed by atoms with van der Waals surface area (Å²) in [5, 5.41) is 17.9. The van der Waals surface area contributed by atoms with Crippen LogP contribution in [0.1, 0.15) is 12.8 Å². The number of thioether (sulfide) groups is 1. The van der Waals surface area contributed by atoms with E-state index >= 15 is 0 Å². The summed E-state index contributed by atoms with van der Waals surface area (Å²) < 4.78 is 38.6. The van der Waals surface area contributed by atoms with E-state index in [0.717, 1.165) is 6.42 Å². The van der Waals surface area contributed by atoms with Gasteiger partial charge in [-0.25, -0.2) is 12.7 Å². The van der Waals surface area contributed by atoms with Gasteiger partial charge in [-0.05, 0) is 18.6 Å². The number of aromatic nitrogens is 3. The summed E-state index contributed by atoms with van der Waals surface area (Å²) in [6.07, 6.45) is 0.687. The minimum Gasteiger partial charge on any atom is -0.354 e. The summed E-state index contributed by atoms with van der Waals surface area (Å²) in [6.45, 7) is 0.334. The van der Waals surface area contributed by atoms with Gasteiger partial charge < -0.3 is 9.47 Å². The molecule has 0 spiro atoms. The molecule has 29 heavy (non-hydrogen) atoms. The van der Waals surface area contributed by atoms with E-state index in [-0.39, 0.29) is 4.90 Å². The molecule has 11 heteroatoms. The number of benzene rings is 1. The first-order valence-corrected chi connectivity index (χ1v) is 11.3. The Morgan fingerprint density at radius 3 is 2.62 bits per heavy atom. The zero-order valence-corrected chi connectivity index (χ0v) is 18.5. The summed E-state index contributed by atoms with van der Waals surface area (Å²) in [4.78, 5) is 0.174. The van der Waals surface area contributed by atoms with Crippen molar-refractivity contribution in [2.24, 2.45) is 0 Å². The zero-order valence-electron chi connectivity index (χ0n) is 16.9. The molecule has 0 aliphatic heterocycles. The lowest BCUT2D eigenvalue weighted by atomic mass is 10.2. The molecular formula is C18H25N5O4S2. The molecule has 9 nitrogen and oxygen atoms in total. The molecule has 158 valence electrons. The van der Waals surface area contributed by atoms with Crippen LogP contribution in [0.2, 0.25) is 0 Å². The topological polar surface area (TPSA) is 110 Å². The predicted molar refractivity (Wildman–Crippen MR) is 110 cm³/mol. The number of nitriles is 1. The predicted octanol–water partition coefficient (Wildman–Crippen LogP) is 2.21. The molecule has 1 aromatic heterocycles. The van der Waals surface area contributed by atoms with Crippen molar-refractivity contribution in [2.45, 2.75) is 35.7 Å². The fraction of sp³-hybridized carbons (Fsp3) is 0.500. The minimum absolute atomic E-state index is 0.174. The van der Waals surface area contributed by atoms with Crippen LogP contribution >= 0.6 is 11.8 Å². The second-order valence-electron chi connectivity index (χ2n) is 6.24. The molecule has 0 aliphatic rings. The van der Waals surface area contributed by atoms with Crippen molar-refractivity contribution >= 4 is 21.8 Å². The van der Waals surface area contributed by atoms with Gasteiger partial charge >= 0.3 is 0 Å². The molecule has 0 amide bonds. The van der Waals surface area contributed by atoms with E-state index in [1.165, 1.54) is 30.2 Å². The van der Waals surface area contributed by atoms with Crippen molar-refractivity contribution in [2.75, 3.05) is 34.1 Å². The average molecular weight is 440 g/mol. The Hall–Kier alpha value is -1.97. The summed E-state index contributed by atoms with van der Waals surface area (Å²) >= 11 is 1.48. The van der Waals surface area contributed by atoms with Crippen molar-refractivity contribution in [3.8, 4) is 17.5 Å². The van der Waals surface area contributed by atoms with Crippen molar-refractivity contribution < 1.29 is 17.9 Å². The van der Waals surface area contributed by atoms with Gasteiger partial charge in [-0.2, -0.15) is 5.26 Å². The molecule has 0 unspecified atom stereocenters. The average Bonchev–Trinajstić information content (AvgIpc) is 3.11. The molecule has 0 bridgehead atoms. The first-order chi connectivity index (χ1) is 13.8. The number of sulfonamides is 1. The van der Waals surface area contributed by atoms with Gasteiger partial charge in [0.1, 0.15) is 0 Å². The molecule has 0 atom stereocenters. The number of ether oxygens (including phenoxy) is 2. The lowest BCUT2D eigenvalue weighted by Gasteiger charge is -2.17. The van der Waals surface area contributed by atoms with Crippen LogP contribution in [0, 0.1) is 11.3 Å². The van der Waals surface area contributed by atoms with E-state index < -0.39 is 16.3 Å². The highest BCUT2D eigenvalue weighted by atomic mass is 32.2. The third-order valence-electron chi connectivity index (χ3n) is 4.11. The van der Waals surface area contributed by atoms with Crippen LogP contribution in [-0.2, 0) is 26.0 Å². The van der Waals surface area contributed by atoms with Crippen LogP contribution in [0.3, 0.4) is 0 Å². The van der Waals surface area contributed by atoms with E-state index in [1.807, 2.05) is 4.57 Å². The molecule has 2 aromatic rings. The molecule has 1 aromatic carbocycles. The maximum Gasteiger partial charge on any atom is 0.242 e. The van der Waals surface area contributed by atoms with Crippen molar-refractivity contribution in [3.63, 3.8) is 0 Å². The van der Waals surface area contributed by atoms with Crippen LogP contribution < -0.4 is 0 Å². The summed E-state index contributed by atoms with van der Waals surface area (Å²) in [7, 11) is 2.49. The van der Waals surface area contributed by atoms with Gasteiger partial charge in [0.2, 0.25) is 10.0 Å². The Kier molecular flexibility index (Phi) is 8.60. The van der Waals surface area contributed by atoms with Gasteiger partial charge in [0.25, 0.3) is 0 Å². The molecule has 0 aliphatic carbocycles. The van der Waals surface area contributed by atoms with Crippen LogP contribution in [0.25, 0.3) is 11.4 Å². The summed E-state index contributed by atoms with van der Waals surface area (Å²) in [5.41, 5.74) is 0.621. The van der Waals surface area contributed by atoms with Crippen molar-refractivity contribution in [3.05, 3.63) is 24.3 Å². The number of hydrogen-bond acceptors (Lipinski definition) is 8. The molecule has 2 rings (SSSR count). The molecule has 0 saturated carbocycles. The van der Waals surface area contributed by atoms with Crippen LogP contribution in [-0.4, -0.2) is 67.8 Å². The standard InChI is InChI=1S/C18H25N5O4S2/c1-22(2)29(24,25)15-9-7-8-14(12-15)17-20-21-18(28-11-6-5-10-19)23(17)13-16(26-3)27-4/h7-9,12,16H,5-6,11,13H2,1-4H3. The lowest BCUT2D eigenvalue weighted by Crippen LogP contribution is -2.22. The minimum atomic E-state index is -3.58. The number of unbranched alkanes of at least 4 members (excludes halogenated alkanes) is 1. The van der Waals surface area contributed by atoms with Crippen molar-refractivity contribution in [1.29, 1.82) is 5.26 Å². The molecule has 1 heterocycles. The molecule has 0 saturated heterocycles. The van der Waals surface area contributed by atoms with Crippen LogP contribution in [0.15, 0.2) is 34.3 Å². The maximum atomic E-state index is 12.5. The highest BCUT2D eigenvalue weighted by Gasteiger charge is 2.21. The second-order valence-corrected chi connectivity index (χ2v) is 9.46. The van der Waals surface area contributed by atoms with E-state index in [1.54, 1.807) is 38.5 Å². The monoisotopic (exact) mass is 439 g/mol. The summed E-state index contributed by atoms with van der Waals surface area (Å²) in [6, 6.07) is 8.71. The lowest BCUT2D eigenvalue weighted by molar-refractivity contribution is -0.111. The third-order valence-corrected chi connectivity index (χ3v) is 6.97. The van der Waals surface area contributed by atoms with Crippen LogP contribution in [0.5, 0.6) is 0 Å². The molecule has 0 N–H and O–H groups in total. The molecule has 0 fully saturated rings. The Morgan fingerprint density at radius 2 is 2.00 bits per heavy atom. The van der Waals surface area contributed by atoms with Crippen molar-refractivity contribution in [1.82, 2.24) is 19.1 Å². The summed E-state index contributed by atoms with van der Waals surface area (Å²) in [5.74, 6) is 1.23. The van der Waals surface area contributed by atoms with E-state index in [4.69, 9.17) is 14.7 Å².